The van der Waals surface area contributed by atoms with Gasteiger partial charge >= 0.3 is 0 Å². The van der Waals surface area contributed by atoms with Gasteiger partial charge in [0.05, 0.1) is 11.6 Å². The molecule has 100 valence electrons. The number of anilines is 1. The molecule has 0 unspecified atom stereocenters. The summed E-state index contributed by atoms with van der Waals surface area (Å²) >= 11 is 0. The second-order valence-corrected chi connectivity index (χ2v) is 4.34. The lowest BCUT2D eigenvalue weighted by molar-refractivity contribution is -0.118. The van der Waals surface area contributed by atoms with Crippen LogP contribution in [0.1, 0.15) is 11.1 Å². The number of nitrogens with one attached hydrogen (secondary N) is 1. The van der Waals surface area contributed by atoms with Crippen LogP contribution in [0.15, 0.2) is 48.5 Å². The number of carbonyl (C=O) groups excluding carboxylic acids is 1. The molecule has 0 saturated heterocycles. The van der Waals surface area contributed by atoms with E-state index in [2.05, 4.69) is 5.32 Å². The molecule has 2 rings (SSSR count). The highest BCUT2D eigenvalue weighted by atomic mass is 16.5. The second-order valence-electron chi connectivity index (χ2n) is 4.34. The van der Waals surface area contributed by atoms with Crippen molar-refractivity contribution in [2.24, 2.45) is 0 Å². The van der Waals surface area contributed by atoms with Crippen molar-refractivity contribution < 1.29 is 9.53 Å². The third-order valence-electron chi connectivity index (χ3n) is 2.66. The van der Waals surface area contributed by atoms with Gasteiger partial charge in [-0.1, -0.05) is 12.1 Å². The molecule has 0 aliphatic rings. The Morgan fingerprint density at radius 1 is 1.25 bits per heavy atom. The molecule has 0 aliphatic heterocycles. The van der Waals surface area contributed by atoms with Gasteiger partial charge in [-0.3, -0.25) is 4.79 Å². The van der Waals surface area contributed by atoms with E-state index >= 15 is 0 Å². The standard InChI is InChI=1S/C16H14N2O2/c1-12-3-2-4-14(9-12)18-16(19)11-20-15-7-5-13(10-17)6-8-15/h2-9H,11H2,1H3,(H,18,19). The van der Waals surface area contributed by atoms with E-state index in [9.17, 15) is 4.79 Å². The molecular formula is C16H14N2O2. The monoisotopic (exact) mass is 266 g/mol. The summed E-state index contributed by atoms with van der Waals surface area (Å²) in [6.45, 7) is 1.89. The van der Waals surface area contributed by atoms with Crippen LogP contribution in [-0.4, -0.2) is 12.5 Å². The van der Waals surface area contributed by atoms with Crippen molar-refractivity contribution in [1.82, 2.24) is 0 Å². The molecule has 0 aromatic heterocycles. The summed E-state index contributed by atoms with van der Waals surface area (Å²) in [7, 11) is 0. The SMILES string of the molecule is Cc1cccc(NC(=O)COc2ccc(C#N)cc2)c1. The molecule has 0 saturated carbocycles. The minimum absolute atomic E-state index is 0.0696. The Morgan fingerprint density at radius 2 is 2.00 bits per heavy atom. The maximum Gasteiger partial charge on any atom is 0.262 e. The van der Waals surface area contributed by atoms with Crippen LogP contribution >= 0.6 is 0 Å². The molecule has 0 heterocycles. The number of aryl methyl sites for hydroxylation is 1. The van der Waals surface area contributed by atoms with Crippen LogP contribution < -0.4 is 10.1 Å². The topological polar surface area (TPSA) is 62.1 Å². The van der Waals surface area contributed by atoms with Crippen LogP contribution in [-0.2, 0) is 4.79 Å². The first kappa shape index (κ1) is 13.6. The molecule has 0 atom stereocenters. The lowest BCUT2D eigenvalue weighted by atomic mass is 10.2. The van der Waals surface area contributed by atoms with Gasteiger partial charge in [-0.2, -0.15) is 5.26 Å². The summed E-state index contributed by atoms with van der Waals surface area (Å²) in [6, 6.07) is 16.2. The maximum absolute atomic E-state index is 11.7. The summed E-state index contributed by atoms with van der Waals surface area (Å²) in [6.07, 6.45) is 0. The van der Waals surface area contributed by atoms with Gasteiger partial charge in [0, 0.05) is 5.69 Å². The quantitative estimate of drug-likeness (QED) is 0.925. The number of rotatable bonds is 4. The number of nitrogens with zero attached hydrogens (tertiary/aromatic N) is 1. The molecule has 1 amide bonds. The highest BCUT2D eigenvalue weighted by Crippen LogP contribution is 2.12. The number of benzene rings is 2. The first-order valence-electron chi connectivity index (χ1n) is 6.17. The van der Waals surface area contributed by atoms with Crippen molar-refractivity contribution in [3.05, 3.63) is 59.7 Å². The summed E-state index contributed by atoms with van der Waals surface area (Å²) < 4.78 is 5.35. The molecule has 0 fully saturated rings. The molecule has 0 spiro atoms. The van der Waals surface area contributed by atoms with Crippen molar-refractivity contribution in [3.63, 3.8) is 0 Å². The Bertz CT molecular complexity index is 642. The number of hydrogen-bond acceptors (Lipinski definition) is 3. The van der Waals surface area contributed by atoms with E-state index < -0.39 is 0 Å². The Kier molecular flexibility index (Phi) is 4.35. The van der Waals surface area contributed by atoms with Gasteiger partial charge in [0.25, 0.3) is 5.91 Å². The van der Waals surface area contributed by atoms with Crippen LogP contribution in [0.2, 0.25) is 0 Å². The zero-order valence-electron chi connectivity index (χ0n) is 11.1. The van der Waals surface area contributed by atoms with Crippen LogP contribution in [0.5, 0.6) is 5.75 Å². The molecule has 0 aliphatic carbocycles. The van der Waals surface area contributed by atoms with Gasteiger partial charge in [0.1, 0.15) is 5.75 Å². The van der Waals surface area contributed by atoms with E-state index in [1.807, 2.05) is 37.3 Å². The van der Waals surface area contributed by atoms with Crippen molar-refractivity contribution >= 4 is 11.6 Å². The highest BCUT2D eigenvalue weighted by molar-refractivity contribution is 5.91. The van der Waals surface area contributed by atoms with Crippen molar-refractivity contribution in [3.8, 4) is 11.8 Å². The normalized spacial score (nSPS) is 9.60. The predicted octanol–water partition coefficient (Wildman–Crippen LogP) is 2.88. The van der Waals surface area contributed by atoms with E-state index in [0.717, 1.165) is 11.3 Å². The smallest absolute Gasteiger partial charge is 0.262 e. The Labute approximate surface area is 117 Å². The average molecular weight is 266 g/mol. The number of carbonyl (C=O) groups is 1. The van der Waals surface area contributed by atoms with Gasteiger partial charge < -0.3 is 10.1 Å². The number of nitriles is 1. The van der Waals surface area contributed by atoms with Crippen LogP contribution in [0, 0.1) is 18.3 Å². The molecular weight excluding hydrogens is 252 g/mol. The predicted molar refractivity (Wildman–Crippen MR) is 76.5 cm³/mol. The first-order chi connectivity index (χ1) is 9.67. The van der Waals surface area contributed by atoms with Gasteiger partial charge in [-0.25, -0.2) is 0 Å². The van der Waals surface area contributed by atoms with E-state index in [1.165, 1.54) is 0 Å². The largest absolute Gasteiger partial charge is 0.484 e. The van der Waals surface area contributed by atoms with E-state index in [0.29, 0.717) is 11.3 Å². The van der Waals surface area contributed by atoms with E-state index in [-0.39, 0.29) is 12.5 Å². The van der Waals surface area contributed by atoms with Gasteiger partial charge in [-0.15, -0.1) is 0 Å². The minimum Gasteiger partial charge on any atom is -0.484 e. The van der Waals surface area contributed by atoms with Gasteiger partial charge in [0.15, 0.2) is 6.61 Å². The lowest BCUT2D eigenvalue weighted by Gasteiger charge is -2.08. The number of hydrogen-bond donors (Lipinski definition) is 1. The number of amides is 1. The van der Waals surface area contributed by atoms with E-state index in [1.54, 1.807) is 24.3 Å². The molecule has 20 heavy (non-hydrogen) atoms. The van der Waals surface area contributed by atoms with Crippen molar-refractivity contribution in [1.29, 1.82) is 5.26 Å². The van der Waals surface area contributed by atoms with Gasteiger partial charge in [0.2, 0.25) is 0 Å². The van der Waals surface area contributed by atoms with Crippen LogP contribution in [0.4, 0.5) is 5.69 Å². The second kappa shape index (κ2) is 6.39. The minimum atomic E-state index is -0.222. The fourth-order valence-electron chi connectivity index (χ4n) is 1.69. The lowest BCUT2D eigenvalue weighted by Crippen LogP contribution is -2.20. The summed E-state index contributed by atoms with van der Waals surface area (Å²) in [4.78, 5) is 11.7. The van der Waals surface area contributed by atoms with Gasteiger partial charge in [-0.05, 0) is 48.9 Å². The Balaban J connectivity index is 1.87. The third kappa shape index (κ3) is 3.85. The average Bonchev–Trinajstić information content (AvgIpc) is 2.46. The number of ether oxygens (including phenoxy) is 1. The maximum atomic E-state index is 11.7. The zero-order valence-corrected chi connectivity index (χ0v) is 11.1. The first-order valence-corrected chi connectivity index (χ1v) is 6.17. The molecule has 4 heteroatoms. The molecule has 2 aromatic carbocycles. The van der Waals surface area contributed by atoms with Crippen molar-refractivity contribution in [2.75, 3.05) is 11.9 Å². The van der Waals surface area contributed by atoms with E-state index in [4.69, 9.17) is 10.00 Å². The summed E-state index contributed by atoms with van der Waals surface area (Å²) in [5, 5.41) is 11.4. The highest BCUT2D eigenvalue weighted by Gasteiger charge is 2.04. The molecule has 0 bridgehead atoms. The fourth-order valence-corrected chi connectivity index (χ4v) is 1.69. The molecule has 4 nitrogen and oxygen atoms in total. The Morgan fingerprint density at radius 3 is 2.65 bits per heavy atom. The van der Waals surface area contributed by atoms with Crippen LogP contribution in [0.25, 0.3) is 0 Å². The molecule has 2 aromatic rings. The zero-order chi connectivity index (χ0) is 14.4. The Hall–Kier alpha value is -2.80. The third-order valence-corrected chi connectivity index (χ3v) is 2.66. The molecule has 1 N–H and O–H groups in total. The van der Waals surface area contributed by atoms with Crippen molar-refractivity contribution in [2.45, 2.75) is 6.92 Å². The molecule has 0 radical (unpaired) electrons. The fraction of sp³-hybridized carbons (Fsp3) is 0.125. The summed E-state index contributed by atoms with van der Waals surface area (Å²) in [5.74, 6) is 0.336. The van der Waals surface area contributed by atoms with Crippen LogP contribution in [0.3, 0.4) is 0 Å². The summed E-state index contributed by atoms with van der Waals surface area (Å²) in [5.41, 5.74) is 2.39.